The maximum atomic E-state index is 13.2. The molecule has 5 rings (SSSR count). The number of ether oxygens (including phenoxy) is 1. The molecule has 1 saturated heterocycles. The quantitative estimate of drug-likeness (QED) is 0.253. The smallest absolute Gasteiger partial charge is 0.301 e. The molecule has 1 N–H and O–H groups in total. The molecule has 0 spiro atoms. The molecular formula is C24H16ClN3O4S. The van der Waals surface area contributed by atoms with Gasteiger partial charge in [0, 0.05) is 23.0 Å². The monoisotopic (exact) mass is 477 g/mol. The van der Waals surface area contributed by atoms with Gasteiger partial charge in [0.2, 0.25) is 0 Å². The number of carbonyl (C=O) groups is 2. The number of pyridine rings is 1. The standard InChI is InChI=1S/C24H16ClN3O4S/c1-32-16-8-9-17-18(11-16)33-24(27-17)28-20(14-3-2-10-26-12-14)19(22(30)23(28)31)21(29)13-4-6-15(25)7-5-13/h2-12,20,29H,1H3/b21-19+. The predicted molar refractivity (Wildman–Crippen MR) is 127 cm³/mol. The third-order valence-electron chi connectivity index (χ3n) is 5.35. The second-order valence-corrected chi connectivity index (χ2v) is 8.74. The minimum Gasteiger partial charge on any atom is -0.507 e. The van der Waals surface area contributed by atoms with Crippen LogP contribution in [0.4, 0.5) is 5.13 Å². The van der Waals surface area contributed by atoms with E-state index in [0.717, 1.165) is 4.70 Å². The highest BCUT2D eigenvalue weighted by atomic mass is 35.5. The van der Waals surface area contributed by atoms with Gasteiger partial charge in [0.25, 0.3) is 5.78 Å². The van der Waals surface area contributed by atoms with Crippen molar-refractivity contribution in [3.8, 4) is 5.75 Å². The van der Waals surface area contributed by atoms with E-state index in [1.54, 1.807) is 68.0 Å². The van der Waals surface area contributed by atoms with Crippen LogP contribution in [0.5, 0.6) is 5.75 Å². The zero-order chi connectivity index (χ0) is 23.1. The molecule has 4 aromatic rings. The lowest BCUT2D eigenvalue weighted by Crippen LogP contribution is -2.29. The fourth-order valence-electron chi connectivity index (χ4n) is 3.77. The Hall–Kier alpha value is -3.75. The SMILES string of the molecule is COc1ccc2nc(N3C(=O)C(=O)/C(=C(/O)c4ccc(Cl)cc4)C3c3cccnc3)sc2c1. The van der Waals surface area contributed by atoms with Gasteiger partial charge in [-0.2, -0.15) is 0 Å². The minimum atomic E-state index is -0.892. The van der Waals surface area contributed by atoms with Gasteiger partial charge in [0.1, 0.15) is 11.5 Å². The summed E-state index contributed by atoms with van der Waals surface area (Å²) in [5.74, 6) is -1.20. The van der Waals surface area contributed by atoms with Crippen molar-refractivity contribution >= 4 is 55.7 Å². The van der Waals surface area contributed by atoms with Gasteiger partial charge in [-0.05, 0) is 54.1 Å². The van der Waals surface area contributed by atoms with E-state index >= 15 is 0 Å². The minimum absolute atomic E-state index is 0.0350. The fraction of sp³-hybridized carbons (Fsp3) is 0.0833. The molecule has 3 heterocycles. The molecule has 1 unspecified atom stereocenters. The summed E-state index contributed by atoms with van der Waals surface area (Å²) < 4.78 is 6.08. The average molecular weight is 478 g/mol. The van der Waals surface area contributed by atoms with Crippen molar-refractivity contribution in [1.82, 2.24) is 9.97 Å². The van der Waals surface area contributed by atoms with E-state index in [2.05, 4.69) is 9.97 Å². The van der Waals surface area contributed by atoms with Crippen molar-refractivity contribution < 1.29 is 19.4 Å². The van der Waals surface area contributed by atoms with Crippen molar-refractivity contribution in [2.24, 2.45) is 0 Å². The number of aromatic nitrogens is 2. The van der Waals surface area contributed by atoms with Crippen LogP contribution in [0, 0.1) is 0 Å². The number of methoxy groups -OCH3 is 1. The first-order valence-corrected chi connectivity index (χ1v) is 11.1. The van der Waals surface area contributed by atoms with Crippen molar-refractivity contribution in [2.75, 3.05) is 12.0 Å². The second kappa shape index (κ2) is 8.31. The summed E-state index contributed by atoms with van der Waals surface area (Å²) in [4.78, 5) is 36.4. The first kappa shape index (κ1) is 21.1. The van der Waals surface area contributed by atoms with E-state index in [0.29, 0.717) is 32.5 Å². The number of aliphatic hydroxyl groups is 1. The van der Waals surface area contributed by atoms with Crippen LogP contribution < -0.4 is 9.64 Å². The molecule has 164 valence electrons. The molecule has 1 aliphatic rings. The summed E-state index contributed by atoms with van der Waals surface area (Å²) in [6.07, 6.45) is 3.16. The Balaban J connectivity index is 1.71. The Kier molecular flexibility index (Phi) is 5.32. The lowest BCUT2D eigenvalue weighted by molar-refractivity contribution is -0.132. The molecule has 1 fully saturated rings. The number of hydrogen-bond donors (Lipinski definition) is 1. The summed E-state index contributed by atoms with van der Waals surface area (Å²) >= 11 is 7.22. The molecule has 0 radical (unpaired) electrons. The van der Waals surface area contributed by atoms with Crippen LogP contribution in [0.15, 0.2) is 72.6 Å². The van der Waals surface area contributed by atoms with E-state index in [9.17, 15) is 14.7 Å². The number of hydrogen-bond acceptors (Lipinski definition) is 7. The first-order valence-electron chi connectivity index (χ1n) is 9.89. The highest BCUT2D eigenvalue weighted by Crippen LogP contribution is 2.44. The van der Waals surface area contributed by atoms with Crippen LogP contribution in [0.25, 0.3) is 16.0 Å². The zero-order valence-corrected chi connectivity index (χ0v) is 18.8. The number of carbonyl (C=O) groups excluding carboxylic acids is 2. The van der Waals surface area contributed by atoms with Gasteiger partial charge in [-0.3, -0.25) is 19.5 Å². The number of halogens is 1. The number of fused-ring (bicyclic) bond motifs is 1. The average Bonchev–Trinajstić information content (AvgIpc) is 3.37. The molecule has 1 atom stereocenters. The Morgan fingerprint density at radius 1 is 1.15 bits per heavy atom. The summed E-state index contributed by atoms with van der Waals surface area (Å²) in [5.41, 5.74) is 1.58. The van der Waals surface area contributed by atoms with Crippen LogP contribution in [0.1, 0.15) is 17.2 Å². The number of anilines is 1. The predicted octanol–water partition coefficient (Wildman–Crippen LogP) is 4.98. The lowest BCUT2D eigenvalue weighted by atomic mass is 9.96. The number of aliphatic hydroxyl groups excluding tert-OH is 1. The van der Waals surface area contributed by atoms with Gasteiger partial charge in [-0.15, -0.1) is 0 Å². The Labute approximate surface area is 197 Å². The number of benzene rings is 2. The topological polar surface area (TPSA) is 92.6 Å². The summed E-state index contributed by atoms with van der Waals surface area (Å²) in [6.45, 7) is 0. The third-order valence-corrected chi connectivity index (χ3v) is 6.62. The van der Waals surface area contributed by atoms with Crippen LogP contribution >= 0.6 is 22.9 Å². The van der Waals surface area contributed by atoms with Crippen LogP contribution in [-0.2, 0) is 9.59 Å². The summed E-state index contributed by atoms with van der Waals surface area (Å²) in [6, 6.07) is 14.3. The van der Waals surface area contributed by atoms with Crippen molar-refractivity contribution in [2.45, 2.75) is 6.04 Å². The molecule has 0 bridgehead atoms. The number of Topliss-reactive ketones (excluding diaryl/α,β-unsaturated/α-hetero) is 1. The van der Waals surface area contributed by atoms with E-state index < -0.39 is 17.7 Å². The number of thiazole rings is 1. The third kappa shape index (κ3) is 3.63. The fourth-order valence-corrected chi connectivity index (χ4v) is 4.92. The molecule has 0 saturated carbocycles. The molecule has 0 aliphatic carbocycles. The first-order chi connectivity index (χ1) is 16.0. The van der Waals surface area contributed by atoms with Gasteiger partial charge in [-0.25, -0.2) is 4.98 Å². The number of ketones is 1. The lowest BCUT2D eigenvalue weighted by Gasteiger charge is -2.22. The maximum Gasteiger partial charge on any atom is 0.301 e. The zero-order valence-electron chi connectivity index (χ0n) is 17.2. The van der Waals surface area contributed by atoms with Crippen LogP contribution in [-0.4, -0.2) is 33.9 Å². The van der Waals surface area contributed by atoms with Crippen molar-refractivity contribution in [3.05, 3.63) is 88.7 Å². The van der Waals surface area contributed by atoms with Gasteiger partial charge < -0.3 is 9.84 Å². The Morgan fingerprint density at radius 3 is 2.64 bits per heavy atom. The van der Waals surface area contributed by atoms with Gasteiger partial charge in [0.15, 0.2) is 5.13 Å². The highest BCUT2D eigenvalue weighted by molar-refractivity contribution is 7.22. The van der Waals surface area contributed by atoms with E-state index in [1.165, 1.54) is 16.2 Å². The summed E-state index contributed by atoms with van der Waals surface area (Å²) in [5, 5.41) is 11.9. The Bertz CT molecular complexity index is 1420. The molecule has 9 heteroatoms. The summed E-state index contributed by atoms with van der Waals surface area (Å²) in [7, 11) is 1.57. The molecule has 33 heavy (non-hydrogen) atoms. The molecular weight excluding hydrogens is 462 g/mol. The van der Waals surface area contributed by atoms with Gasteiger partial charge in [-0.1, -0.05) is 29.0 Å². The number of amides is 1. The van der Waals surface area contributed by atoms with Crippen molar-refractivity contribution in [1.29, 1.82) is 0 Å². The van der Waals surface area contributed by atoms with Gasteiger partial charge in [0.05, 0.1) is 28.9 Å². The molecule has 2 aromatic carbocycles. The van der Waals surface area contributed by atoms with Crippen LogP contribution in [0.3, 0.4) is 0 Å². The molecule has 2 aromatic heterocycles. The van der Waals surface area contributed by atoms with Gasteiger partial charge >= 0.3 is 5.91 Å². The van der Waals surface area contributed by atoms with E-state index in [1.807, 2.05) is 6.07 Å². The normalized spacial score (nSPS) is 17.6. The molecule has 7 nitrogen and oxygen atoms in total. The molecule has 1 aliphatic heterocycles. The molecule has 1 amide bonds. The van der Waals surface area contributed by atoms with E-state index in [-0.39, 0.29) is 11.3 Å². The Morgan fingerprint density at radius 2 is 1.94 bits per heavy atom. The van der Waals surface area contributed by atoms with Crippen LogP contribution in [0.2, 0.25) is 5.02 Å². The maximum absolute atomic E-state index is 13.2. The largest absolute Gasteiger partial charge is 0.507 e. The number of nitrogens with zero attached hydrogens (tertiary/aromatic N) is 3. The highest BCUT2D eigenvalue weighted by Gasteiger charge is 2.48. The second-order valence-electron chi connectivity index (χ2n) is 7.29. The van der Waals surface area contributed by atoms with E-state index in [4.69, 9.17) is 16.3 Å². The van der Waals surface area contributed by atoms with Crippen molar-refractivity contribution in [3.63, 3.8) is 0 Å². The number of rotatable bonds is 4.